The number of fused-ring (bicyclic) bond motifs is 2. The average Bonchev–Trinajstić information content (AvgIpc) is 3.44. The first kappa shape index (κ1) is 30.8. The van der Waals surface area contributed by atoms with Gasteiger partial charge in [0.2, 0.25) is 5.91 Å². The van der Waals surface area contributed by atoms with Crippen LogP contribution < -0.4 is 4.74 Å². The molecule has 3 aromatic rings. The zero-order valence-corrected chi connectivity index (χ0v) is 26.7. The van der Waals surface area contributed by atoms with E-state index in [0.29, 0.717) is 19.1 Å². The van der Waals surface area contributed by atoms with Gasteiger partial charge in [-0.2, -0.15) is 0 Å². The number of aliphatic hydroxyl groups is 1. The summed E-state index contributed by atoms with van der Waals surface area (Å²) in [6, 6.07) is 18.2. The molecule has 2 aromatic carbocycles. The number of ether oxygens (including phenoxy) is 1. The summed E-state index contributed by atoms with van der Waals surface area (Å²) < 4.78 is 6.18. The first-order valence-corrected chi connectivity index (χ1v) is 16.6. The first-order valence-electron chi connectivity index (χ1n) is 16.2. The van der Waals surface area contributed by atoms with Crippen molar-refractivity contribution in [3.63, 3.8) is 0 Å². The highest BCUT2D eigenvalue weighted by Crippen LogP contribution is 2.39. The lowest BCUT2D eigenvalue weighted by Gasteiger charge is -2.34. The van der Waals surface area contributed by atoms with E-state index in [1.807, 2.05) is 62.5 Å². The third-order valence-corrected chi connectivity index (χ3v) is 9.76. The number of hydrogen-bond acceptors (Lipinski definition) is 5. The van der Waals surface area contributed by atoms with Crippen molar-refractivity contribution in [3.8, 4) is 5.75 Å². The van der Waals surface area contributed by atoms with Crippen LogP contribution in [0, 0.1) is 5.92 Å². The van der Waals surface area contributed by atoms with E-state index in [1.54, 1.807) is 0 Å². The van der Waals surface area contributed by atoms with Crippen LogP contribution in [0.4, 0.5) is 0 Å². The summed E-state index contributed by atoms with van der Waals surface area (Å²) in [7, 11) is 0. The number of aromatic nitrogens is 1. The molecule has 2 aliphatic heterocycles. The molecule has 7 heteroatoms. The molecule has 0 radical (unpaired) electrons. The van der Waals surface area contributed by atoms with Gasteiger partial charge in [-0.1, -0.05) is 61.2 Å². The van der Waals surface area contributed by atoms with E-state index < -0.39 is 5.60 Å². The fourth-order valence-corrected chi connectivity index (χ4v) is 7.10. The molecule has 6 rings (SSSR count). The minimum atomic E-state index is -0.957. The summed E-state index contributed by atoms with van der Waals surface area (Å²) in [6.07, 6.45) is 11.5. The highest BCUT2D eigenvalue weighted by molar-refractivity contribution is 6.30. The van der Waals surface area contributed by atoms with Crippen LogP contribution in [0.15, 0.2) is 66.9 Å². The summed E-state index contributed by atoms with van der Waals surface area (Å²) in [5.74, 6) is 1.28. The van der Waals surface area contributed by atoms with E-state index in [4.69, 9.17) is 16.3 Å². The van der Waals surface area contributed by atoms with E-state index in [2.05, 4.69) is 33.0 Å². The molecule has 2 fully saturated rings. The Kier molecular flexibility index (Phi) is 9.41. The highest BCUT2D eigenvalue weighted by atomic mass is 35.5. The quantitative estimate of drug-likeness (QED) is 0.288. The zero-order chi connectivity index (χ0) is 30.7. The van der Waals surface area contributed by atoms with Crippen molar-refractivity contribution in [2.24, 2.45) is 5.92 Å². The van der Waals surface area contributed by atoms with Gasteiger partial charge in [0.25, 0.3) is 0 Å². The molecule has 3 aliphatic rings. The van der Waals surface area contributed by atoms with Gasteiger partial charge in [0, 0.05) is 60.5 Å². The van der Waals surface area contributed by atoms with Crippen molar-refractivity contribution < 1.29 is 14.6 Å². The number of likely N-dealkylation sites (tertiary alicyclic amines) is 1. The summed E-state index contributed by atoms with van der Waals surface area (Å²) in [6.45, 7) is 7.44. The second kappa shape index (κ2) is 13.4. The molecule has 3 heterocycles. The number of benzene rings is 2. The molecule has 0 unspecified atom stereocenters. The predicted molar refractivity (Wildman–Crippen MR) is 175 cm³/mol. The molecule has 1 aliphatic carbocycles. The number of hydrogen-bond donors (Lipinski definition) is 1. The average molecular weight is 614 g/mol. The number of halogens is 1. The Labute approximate surface area is 266 Å². The summed E-state index contributed by atoms with van der Waals surface area (Å²) >= 11 is 6.16. The number of rotatable bonds is 8. The predicted octanol–water partition coefficient (Wildman–Crippen LogP) is 7.36. The van der Waals surface area contributed by atoms with Gasteiger partial charge in [-0.15, -0.1) is 0 Å². The summed E-state index contributed by atoms with van der Waals surface area (Å²) in [5, 5.41) is 11.5. The fourth-order valence-electron chi connectivity index (χ4n) is 6.97. The highest BCUT2D eigenvalue weighted by Gasteiger charge is 2.34. The monoisotopic (exact) mass is 613 g/mol. The van der Waals surface area contributed by atoms with Crippen LogP contribution in [0.5, 0.6) is 5.75 Å². The number of pyridine rings is 1. The van der Waals surface area contributed by atoms with E-state index >= 15 is 0 Å². The van der Waals surface area contributed by atoms with Crippen LogP contribution in [0.2, 0.25) is 5.02 Å². The third kappa shape index (κ3) is 7.03. The van der Waals surface area contributed by atoms with Gasteiger partial charge in [-0.25, -0.2) is 0 Å². The Morgan fingerprint density at radius 3 is 2.66 bits per heavy atom. The van der Waals surface area contributed by atoms with Gasteiger partial charge < -0.3 is 19.6 Å². The van der Waals surface area contributed by atoms with Crippen molar-refractivity contribution in [1.82, 2.24) is 14.8 Å². The molecule has 6 nitrogen and oxygen atoms in total. The van der Waals surface area contributed by atoms with Gasteiger partial charge in [-0.3, -0.25) is 9.78 Å². The Hall–Kier alpha value is -3.19. The molecule has 0 bridgehead atoms. The first-order chi connectivity index (χ1) is 21.3. The molecule has 1 aromatic heterocycles. The van der Waals surface area contributed by atoms with Crippen molar-refractivity contribution in [2.75, 3.05) is 19.6 Å². The second-order valence-electron chi connectivity index (χ2n) is 13.1. The number of amides is 1. The maximum atomic E-state index is 13.9. The summed E-state index contributed by atoms with van der Waals surface area (Å²) in [4.78, 5) is 23.2. The fraction of sp³-hybridized carbons (Fsp3) is 0.459. The molecular formula is C37H44ClN3O3. The Bertz CT molecular complexity index is 1490. The molecular weight excluding hydrogens is 570 g/mol. The van der Waals surface area contributed by atoms with Crippen LogP contribution >= 0.6 is 11.6 Å². The number of carbonyl (C=O) groups excluding carboxylic acids is 1. The zero-order valence-electron chi connectivity index (χ0n) is 26.0. The van der Waals surface area contributed by atoms with E-state index in [-0.39, 0.29) is 12.0 Å². The molecule has 44 heavy (non-hydrogen) atoms. The minimum Gasteiger partial charge on any atom is -0.487 e. The van der Waals surface area contributed by atoms with E-state index in [1.165, 1.54) is 6.42 Å². The minimum absolute atomic E-state index is 0.148. The molecule has 1 saturated carbocycles. The lowest BCUT2D eigenvalue weighted by Crippen LogP contribution is -2.45. The van der Waals surface area contributed by atoms with E-state index in [0.717, 1.165) is 102 Å². The normalized spacial score (nSPS) is 20.1. The SMILES string of the molecule is CC(C)(O)c1ccc2c(c1)C(=CCCN1CC[C@H](N(Cc3ccc(Cl)cc3)C(=O)C3CCCCC3)C1)c1cccnc1CO2. The van der Waals surface area contributed by atoms with Gasteiger partial charge in [0.1, 0.15) is 12.4 Å². The lowest BCUT2D eigenvalue weighted by molar-refractivity contribution is -0.139. The van der Waals surface area contributed by atoms with Crippen LogP contribution in [-0.4, -0.2) is 51.5 Å². The second-order valence-corrected chi connectivity index (χ2v) is 13.6. The molecule has 1 N–H and O–H groups in total. The van der Waals surface area contributed by atoms with Crippen molar-refractivity contribution in [2.45, 2.75) is 83.6 Å². The van der Waals surface area contributed by atoms with Gasteiger partial charge in [0.05, 0.1) is 11.3 Å². The smallest absolute Gasteiger partial charge is 0.226 e. The Morgan fingerprint density at radius 1 is 1.09 bits per heavy atom. The van der Waals surface area contributed by atoms with Crippen molar-refractivity contribution in [3.05, 3.63) is 99.8 Å². The molecule has 1 atom stereocenters. The molecule has 0 spiro atoms. The van der Waals surface area contributed by atoms with Crippen molar-refractivity contribution >= 4 is 23.1 Å². The van der Waals surface area contributed by atoms with Crippen LogP contribution in [0.25, 0.3) is 5.57 Å². The molecule has 1 saturated heterocycles. The van der Waals surface area contributed by atoms with E-state index in [9.17, 15) is 9.90 Å². The van der Waals surface area contributed by atoms with Crippen molar-refractivity contribution in [1.29, 1.82) is 0 Å². The van der Waals surface area contributed by atoms with Crippen LogP contribution in [0.1, 0.15) is 86.7 Å². The largest absolute Gasteiger partial charge is 0.487 e. The number of carbonyl (C=O) groups is 1. The Morgan fingerprint density at radius 2 is 1.89 bits per heavy atom. The maximum Gasteiger partial charge on any atom is 0.226 e. The Balaban J connectivity index is 1.19. The standard InChI is InChI=1S/C37H44ClN3O3/c1-37(2,43)28-14-17-35-33(22-28)31(32-10-6-19-39-34(32)25-44-35)11-7-20-40-21-18-30(24-40)41(23-26-12-15-29(38)16-13-26)36(42)27-8-4-3-5-9-27/h6,10-17,19,22,27,30,43H,3-5,7-9,18,20-21,23-25H2,1-2H3/t30-/m0/s1. The van der Waals surface area contributed by atoms with Gasteiger partial charge in [0.15, 0.2) is 0 Å². The lowest BCUT2D eigenvalue weighted by atomic mass is 9.87. The van der Waals surface area contributed by atoms with Crippen LogP contribution in [-0.2, 0) is 23.5 Å². The van der Waals surface area contributed by atoms with Crippen LogP contribution in [0.3, 0.4) is 0 Å². The van der Waals surface area contributed by atoms with Gasteiger partial charge >= 0.3 is 0 Å². The number of nitrogens with zero attached hydrogens (tertiary/aromatic N) is 3. The van der Waals surface area contributed by atoms with Gasteiger partial charge in [-0.05, 0) is 86.6 Å². The molecule has 232 valence electrons. The topological polar surface area (TPSA) is 65.9 Å². The maximum absolute atomic E-state index is 13.9. The third-order valence-electron chi connectivity index (χ3n) is 9.51. The summed E-state index contributed by atoms with van der Waals surface area (Å²) in [5.41, 5.74) is 5.10. The molecule has 1 amide bonds.